The Hall–Kier alpha value is -3.27. The summed E-state index contributed by atoms with van der Waals surface area (Å²) in [6, 6.07) is 22.1. The smallest absolute Gasteiger partial charge is 0.235 e. The monoisotopic (exact) mass is 387 g/mol. The third kappa shape index (κ3) is 3.46. The first-order chi connectivity index (χ1) is 14.1. The minimum atomic E-state index is -0.634. The highest BCUT2D eigenvalue weighted by Gasteiger charge is 2.45. The molecule has 29 heavy (non-hydrogen) atoms. The molecule has 0 unspecified atom stereocenters. The molecule has 1 aliphatic carbocycles. The summed E-state index contributed by atoms with van der Waals surface area (Å²) in [5.41, 5.74) is 4.74. The van der Waals surface area contributed by atoms with Crippen LogP contribution in [0.5, 0.6) is 11.5 Å². The third-order valence-corrected chi connectivity index (χ3v) is 5.78. The number of carbonyl (C=O) groups is 1. The second-order valence-corrected chi connectivity index (χ2v) is 7.59. The molecule has 0 fully saturated rings. The Morgan fingerprint density at radius 3 is 2.07 bits per heavy atom. The van der Waals surface area contributed by atoms with Gasteiger partial charge in [-0.2, -0.15) is 0 Å². The molecule has 0 saturated heterocycles. The van der Waals surface area contributed by atoms with Crippen molar-refractivity contribution in [2.45, 2.75) is 25.2 Å². The van der Waals surface area contributed by atoms with Gasteiger partial charge in [-0.3, -0.25) is 4.79 Å². The highest BCUT2D eigenvalue weighted by atomic mass is 16.5. The predicted molar refractivity (Wildman–Crippen MR) is 115 cm³/mol. The first-order valence-corrected chi connectivity index (χ1v) is 9.73. The average Bonchev–Trinajstić information content (AvgIpc) is 3.15. The Bertz CT molecular complexity index is 1020. The van der Waals surface area contributed by atoms with Crippen molar-refractivity contribution >= 4 is 11.6 Å². The van der Waals surface area contributed by atoms with Gasteiger partial charge in [0, 0.05) is 11.8 Å². The predicted octanol–water partition coefficient (Wildman–Crippen LogP) is 4.69. The summed E-state index contributed by atoms with van der Waals surface area (Å²) in [5.74, 6) is 1.21. The van der Waals surface area contributed by atoms with Crippen molar-refractivity contribution in [3.63, 3.8) is 0 Å². The van der Waals surface area contributed by atoms with Crippen LogP contribution in [0.25, 0.3) is 0 Å². The van der Waals surface area contributed by atoms with Gasteiger partial charge in [0.2, 0.25) is 5.91 Å². The van der Waals surface area contributed by atoms with Gasteiger partial charge in [-0.05, 0) is 48.6 Å². The van der Waals surface area contributed by atoms with Gasteiger partial charge in [-0.1, -0.05) is 54.1 Å². The number of methoxy groups -OCH3 is 2. The SMILES string of the molecule is COc1ccc(NC(=O)C2(c3ccc(C)cc3)Cc3ccccc3C2)cc1OC. The number of aryl methyl sites for hydroxylation is 1. The lowest BCUT2D eigenvalue weighted by atomic mass is 9.76. The van der Waals surface area contributed by atoms with Gasteiger partial charge < -0.3 is 14.8 Å². The number of ether oxygens (including phenoxy) is 2. The van der Waals surface area contributed by atoms with Gasteiger partial charge in [0.25, 0.3) is 0 Å². The fraction of sp³-hybridized carbons (Fsp3) is 0.240. The van der Waals surface area contributed by atoms with Gasteiger partial charge in [0.05, 0.1) is 19.6 Å². The Balaban J connectivity index is 1.71. The largest absolute Gasteiger partial charge is 0.493 e. The van der Waals surface area contributed by atoms with Gasteiger partial charge in [-0.25, -0.2) is 0 Å². The van der Waals surface area contributed by atoms with Crippen LogP contribution in [0.4, 0.5) is 5.69 Å². The summed E-state index contributed by atoms with van der Waals surface area (Å²) >= 11 is 0. The molecule has 4 heteroatoms. The molecule has 3 aromatic rings. The van der Waals surface area contributed by atoms with Crippen molar-refractivity contribution in [3.8, 4) is 11.5 Å². The molecule has 4 rings (SSSR count). The van der Waals surface area contributed by atoms with E-state index in [-0.39, 0.29) is 5.91 Å². The van der Waals surface area contributed by atoms with E-state index in [1.165, 1.54) is 16.7 Å². The lowest BCUT2D eigenvalue weighted by Gasteiger charge is -2.29. The lowest BCUT2D eigenvalue weighted by molar-refractivity contribution is -0.121. The van der Waals surface area contributed by atoms with Crippen molar-refractivity contribution in [1.82, 2.24) is 0 Å². The maximum absolute atomic E-state index is 13.7. The van der Waals surface area contributed by atoms with E-state index in [0.29, 0.717) is 30.0 Å². The maximum Gasteiger partial charge on any atom is 0.235 e. The molecule has 0 spiro atoms. The van der Waals surface area contributed by atoms with Crippen LogP contribution in [0.2, 0.25) is 0 Å². The van der Waals surface area contributed by atoms with E-state index in [2.05, 4.69) is 48.6 Å². The van der Waals surface area contributed by atoms with Crippen LogP contribution < -0.4 is 14.8 Å². The molecular weight excluding hydrogens is 362 g/mol. The van der Waals surface area contributed by atoms with Gasteiger partial charge in [0.15, 0.2) is 11.5 Å². The number of nitrogens with one attached hydrogen (secondary N) is 1. The molecular formula is C25H25NO3. The molecule has 0 saturated carbocycles. The number of hydrogen-bond donors (Lipinski definition) is 1. The van der Waals surface area contributed by atoms with E-state index in [9.17, 15) is 4.79 Å². The van der Waals surface area contributed by atoms with Crippen molar-refractivity contribution < 1.29 is 14.3 Å². The zero-order chi connectivity index (χ0) is 20.4. The van der Waals surface area contributed by atoms with Gasteiger partial charge in [-0.15, -0.1) is 0 Å². The normalized spacial score (nSPS) is 14.2. The molecule has 1 amide bonds. The van der Waals surface area contributed by atoms with E-state index < -0.39 is 5.41 Å². The van der Waals surface area contributed by atoms with E-state index >= 15 is 0 Å². The van der Waals surface area contributed by atoms with Crippen LogP contribution in [-0.2, 0) is 23.1 Å². The Labute approximate surface area is 171 Å². The van der Waals surface area contributed by atoms with Crippen molar-refractivity contribution in [2.24, 2.45) is 0 Å². The number of amides is 1. The fourth-order valence-electron chi connectivity index (χ4n) is 4.15. The molecule has 4 nitrogen and oxygen atoms in total. The van der Waals surface area contributed by atoms with Crippen molar-refractivity contribution in [2.75, 3.05) is 19.5 Å². The minimum absolute atomic E-state index is 0.00947. The number of rotatable bonds is 5. The summed E-state index contributed by atoms with van der Waals surface area (Å²) < 4.78 is 10.7. The molecule has 148 valence electrons. The summed E-state index contributed by atoms with van der Waals surface area (Å²) in [7, 11) is 3.18. The molecule has 0 atom stereocenters. The Kier molecular flexibility index (Phi) is 5.01. The average molecular weight is 387 g/mol. The summed E-state index contributed by atoms with van der Waals surface area (Å²) in [6.45, 7) is 2.06. The van der Waals surface area contributed by atoms with Crippen molar-refractivity contribution in [3.05, 3.63) is 89.0 Å². The molecule has 0 aliphatic heterocycles. The van der Waals surface area contributed by atoms with E-state index in [1.807, 2.05) is 18.2 Å². The molecule has 0 radical (unpaired) electrons. The molecule has 0 heterocycles. The molecule has 0 aromatic heterocycles. The summed E-state index contributed by atoms with van der Waals surface area (Å²) in [4.78, 5) is 13.7. The van der Waals surface area contributed by atoms with Gasteiger partial charge >= 0.3 is 0 Å². The van der Waals surface area contributed by atoms with E-state index in [0.717, 1.165) is 5.56 Å². The van der Waals surface area contributed by atoms with Crippen LogP contribution >= 0.6 is 0 Å². The molecule has 0 bridgehead atoms. The minimum Gasteiger partial charge on any atom is -0.493 e. The van der Waals surface area contributed by atoms with Crippen LogP contribution in [0.3, 0.4) is 0 Å². The number of anilines is 1. The number of fused-ring (bicyclic) bond motifs is 1. The topological polar surface area (TPSA) is 47.6 Å². The van der Waals surface area contributed by atoms with E-state index in [4.69, 9.17) is 9.47 Å². The Morgan fingerprint density at radius 1 is 0.862 bits per heavy atom. The second-order valence-electron chi connectivity index (χ2n) is 7.59. The van der Waals surface area contributed by atoms with Crippen molar-refractivity contribution in [1.29, 1.82) is 0 Å². The molecule has 1 N–H and O–H groups in total. The van der Waals surface area contributed by atoms with Crippen LogP contribution in [-0.4, -0.2) is 20.1 Å². The second kappa shape index (κ2) is 7.63. The summed E-state index contributed by atoms with van der Waals surface area (Å²) in [6.07, 6.45) is 1.37. The fourth-order valence-corrected chi connectivity index (χ4v) is 4.15. The van der Waals surface area contributed by atoms with Crippen LogP contribution in [0.15, 0.2) is 66.7 Å². The highest BCUT2D eigenvalue weighted by molar-refractivity contribution is 6.00. The lowest BCUT2D eigenvalue weighted by Crippen LogP contribution is -2.41. The third-order valence-electron chi connectivity index (χ3n) is 5.78. The first kappa shape index (κ1) is 19.1. The maximum atomic E-state index is 13.7. The van der Waals surface area contributed by atoms with Gasteiger partial charge in [0.1, 0.15) is 0 Å². The zero-order valence-electron chi connectivity index (χ0n) is 17.0. The number of benzene rings is 3. The zero-order valence-corrected chi connectivity index (χ0v) is 17.0. The molecule has 1 aliphatic rings. The standard InChI is InChI=1S/C25H25NO3/c1-17-8-10-20(11-9-17)25(15-18-6-4-5-7-19(18)16-25)24(27)26-21-12-13-22(28-2)23(14-21)29-3/h4-14H,15-16H2,1-3H3,(H,26,27). The number of carbonyl (C=O) groups excluding carboxylic acids is 1. The van der Waals surface area contributed by atoms with Crippen LogP contribution in [0.1, 0.15) is 22.3 Å². The highest BCUT2D eigenvalue weighted by Crippen LogP contribution is 2.41. The first-order valence-electron chi connectivity index (χ1n) is 9.73. The quantitative estimate of drug-likeness (QED) is 0.691. The van der Waals surface area contributed by atoms with Crippen LogP contribution in [0, 0.1) is 6.92 Å². The van der Waals surface area contributed by atoms with E-state index in [1.54, 1.807) is 26.4 Å². The number of hydrogen-bond acceptors (Lipinski definition) is 3. The Morgan fingerprint density at radius 2 is 1.48 bits per heavy atom. The molecule has 3 aromatic carbocycles. The summed E-state index contributed by atoms with van der Waals surface area (Å²) in [5, 5.41) is 3.12.